The van der Waals surface area contributed by atoms with E-state index in [1.165, 1.54) is 18.2 Å². The molecule has 0 aromatic heterocycles. The first-order valence-corrected chi connectivity index (χ1v) is 11.0. The SMILES string of the molecule is BCOc1ccc(-c2ccc(-c3ccc(/C=C/C4COC(C=C)OC4)c(F)c3)cc2)c(F)c1F. The third kappa shape index (κ3) is 5.27. The highest BCUT2D eigenvalue weighted by Crippen LogP contribution is 2.32. The van der Waals surface area contributed by atoms with Gasteiger partial charge in [-0.2, -0.15) is 4.39 Å². The summed E-state index contributed by atoms with van der Waals surface area (Å²) in [5.41, 5.74) is 2.54. The summed E-state index contributed by atoms with van der Waals surface area (Å²) in [6.45, 7) is 4.84. The van der Waals surface area contributed by atoms with Crippen LogP contribution in [0.15, 0.2) is 73.3 Å². The molecule has 4 rings (SSSR count). The summed E-state index contributed by atoms with van der Waals surface area (Å²) >= 11 is 0. The van der Waals surface area contributed by atoms with E-state index < -0.39 is 17.9 Å². The third-order valence-corrected chi connectivity index (χ3v) is 5.57. The maximum atomic E-state index is 14.7. The van der Waals surface area contributed by atoms with Crippen LogP contribution < -0.4 is 4.74 Å². The molecule has 0 amide bonds. The second-order valence-electron chi connectivity index (χ2n) is 7.88. The van der Waals surface area contributed by atoms with Crippen LogP contribution in [-0.4, -0.2) is 33.9 Å². The molecule has 1 saturated heterocycles. The maximum Gasteiger partial charge on any atom is 0.201 e. The summed E-state index contributed by atoms with van der Waals surface area (Å²) in [6, 6.07) is 14.7. The Balaban J connectivity index is 1.48. The lowest BCUT2D eigenvalue weighted by molar-refractivity contribution is -0.165. The van der Waals surface area contributed by atoms with Gasteiger partial charge in [0.15, 0.2) is 25.7 Å². The molecule has 174 valence electrons. The molecule has 3 nitrogen and oxygen atoms in total. The van der Waals surface area contributed by atoms with Gasteiger partial charge in [0.1, 0.15) is 5.82 Å². The highest BCUT2D eigenvalue weighted by molar-refractivity contribution is 6.08. The second-order valence-corrected chi connectivity index (χ2v) is 7.88. The van der Waals surface area contributed by atoms with Crippen LogP contribution in [0.4, 0.5) is 13.2 Å². The van der Waals surface area contributed by atoms with Gasteiger partial charge >= 0.3 is 0 Å². The van der Waals surface area contributed by atoms with E-state index in [1.807, 2.05) is 12.1 Å². The van der Waals surface area contributed by atoms with Crippen molar-refractivity contribution in [3.8, 4) is 28.0 Å². The first-order chi connectivity index (χ1) is 16.5. The highest BCUT2D eigenvalue weighted by atomic mass is 19.2. The van der Waals surface area contributed by atoms with Gasteiger partial charge in [-0.1, -0.05) is 55.1 Å². The molecule has 0 N–H and O–H groups in total. The van der Waals surface area contributed by atoms with E-state index in [-0.39, 0.29) is 29.6 Å². The van der Waals surface area contributed by atoms with Crippen molar-refractivity contribution in [1.82, 2.24) is 0 Å². The van der Waals surface area contributed by atoms with Crippen molar-refractivity contribution < 1.29 is 27.4 Å². The van der Waals surface area contributed by atoms with E-state index in [9.17, 15) is 13.2 Å². The second kappa shape index (κ2) is 10.8. The molecular weight excluding hydrogens is 440 g/mol. The number of rotatable bonds is 7. The molecule has 3 aromatic rings. The van der Waals surface area contributed by atoms with Crippen molar-refractivity contribution in [2.75, 3.05) is 19.7 Å². The maximum absolute atomic E-state index is 14.7. The fourth-order valence-corrected chi connectivity index (χ4v) is 3.73. The van der Waals surface area contributed by atoms with Gasteiger partial charge in [-0.15, -0.1) is 0 Å². The topological polar surface area (TPSA) is 27.7 Å². The van der Waals surface area contributed by atoms with Crippen molar-refractivity contribution in [3.05, 3.63) is 96.3 Å². The molecule has 0 radical (unpaired) electrons. The first kappa shape index (κ1) is 23.9. The lowest BCUT2D eigenvalue weighted by Crippen LogP contribution is -2.29. The Morgan fingerprint density at radius 2 is 1.59 bits per heavy atom. The number of benzene rings is 3. The molecule has 0 bridgehead atoms. The van der Waals surface area contributed by atoms with Gasteiger partial charge in [-0.25, -0.2) is 8.78 Å². The van der Waals surface area contributed by atoms with Crippen molar-refractivity contribution in [2.45, 2.75) is 6.29 Å². The summed E-state index contributed by atoms with van der Waals surface area (Å²) < 4.78 is 59.5. The van der Waals surface area contributed by atoms with Gasteiger partial charge < -0.3 is 14.2 Å². The van der Waals surface area contributed by atoms with Gasteiger partial charge in [0.2, 0.25) is 5.82 Å². The van der Waals surface area contributed by atoms with E-state index in [4.69, 9.17) is 14.2 Å². The predicted octanol–water partition coefficient (Wildman–Crippen LogP) is 5.60. The van der Waals surface area contributed by atoms with Crippen molar-refractivity contribution in [2.24, 2.45) is 5.92 Å². The molecule has 1 fully saturated rings. The minimum Gasteiger partial charge on any atom is -0.500 e. The zero-order chi connectivity index (χ0) is 24.1. The van der Waals surface area contributed by atoms with Gasteiger partial charge in [-0.3, -0.25) is 0 Å². The summed E-state index contributed by atoms with van der Waals surface area (Å²) in [5, 5.41) is 0. The molecule has 1 heterocycles. The molecule has 0 spiro atoms. The van der Waals surface area contributed by atoms with Crippen LogP contribution in [-0.2, 0) is 9.47 Å². The third-order valence-electron chi connectivity index (χ3n) is 5.57. The molecule has 0 saturated carbocycles. The van der Waals surface area contributed by atoms with Crippen molar-refractivity contribution >= 4 is 13.9 Å². The smallest absolute Gasteiger partial charge is 0.201 e. The Hall–Kier alpha value is -3.29. The van der Waals surface area contributed by atoms with Gasteiger partial charge in [-0.05, 0) is 41.0 Å². The minimum absolute atomic E-state index is 0.0376. The highest BCUT2D eigenvalue weighted by Gasteiger charge is 2.18. The Labute approximate surface area is 197 Å². The number of halogens is 3. The molecule has 0 aliphatic carbocycles. The molecule has 0 atom stereocenters. The molecule has 1 aliphatic rings. The fraction of sp³-hybridized carbons (Fsp3) is 0.185. The predicted molar refractivity (Wildman–Crippen MR) is 130 cm³/mol. The summed E-state index contributed by atoms with van der Waals surface area (Å²) in [7, 11) is 1.70. The largest absolute Gasteiger partial charge is 0.500 e. The molecule has 7 heteroatoms. The summed E-state index contributed by atoms with van der Waals surface area (Å²) in [6.07, 6.45) is 4.79. The van der Waals surface area contributed by atoms with E-state index >= 15 is 0 Å². The monoisotopic (exact) mass is 464 g/mol. The Morgan fingerprint density at radius 3 is 2.24 bits per heavy atom. The quantitative estimate of drug-likeness (QED) is 0.337. The zero-order valence-corrected chi connectivity index (χ0v) is 18.8. The summed E-state index contributed by atoms with van der Waals surface area (Å²) in [5.74, 6) is -2.42. The van der Waals surface area contributed by atoms with Gasteiger partial charge in [0, 0.05) is 17.0 Å². The van der Waals surface area contributed by atoms with E-state index in [1.54, 1.807) is 50.3 Å². The molecule has 3 aromatic carbocycles. The van der Waals surface area contributed by atoms with Gasteiger partial charge in [0.05, 0.1) is 19.7 Å². The average molecular weight is 464 g/mol. The van der Waals surface area contributed by atoms with Crippen LogP contribution in [0.2, 0.25) is 0 Å². The zero-order valence-electron chi connectivity index (χ0n) is 18.8. The first-order valence-electron chi connectivity index (χ1n) is 11.0. The van der Waals surface area contributed by atoms with Crippen LogP contribution in [0.3, 0.4) is 0 Å². The molecule has 34 heavy (non-hydrogen) atoms. The molecule has 1 aliphatic heterocycles. The van der Waals surface area contributed by atoms with Crippen LogP contribution in [0, 0.1) is 23.4 Å². The van der Waals surface area contributed by atoms with Crippen LogP contribution in [0.1, 0.15) is 5.56 Å². The molecule has 0 unspecified atom stereocenters. The Morgan fingerprint density at radius 1 is 0.912 bits per heavy atom. The Bertz CT molecular complexity index is 1190. The van der Waals surface area contributed by atoms with Crippen molar-refractivity contribution in [1.29, 1.82) is 0 Å². The lowest BCUT2D eigenvalue weighted by atomic mass is 9.98. The van der Waals surface area contributed by atoms with Crippen molar-refractivity contribution in [3.63, 3.8) is 0 Å². The van der Waals surface area contributed by atoms with E-state index in [2.05, 4.69) is 6.58 Å². The number of ether oxygens (including phenoxy) is 3. The number of hydrogen-bond donors (Lipinski definition) is 0. The fourth-order valence-electron chi connectivity index (χ4n) is 3.73. The molecular formula is C27H24BF3O3. The lowest BCUT2D eigenvalue weighted by Gasteiger charge is -2.25. The Kier molecular flexibility index (Phi) is 7.55. The summed E-state index contributed by atoms with van der Waals surface area (Å²) in [4.78, 5) is 0. The average Bonchev–Trinajstić information content (AvgIpc) is 2.87. The minimum atomic E-state index is -1.01. The van der Waals surface area contributed by atoms with Crippen LogP contribution >= 0.6 is 0 Å². The van der Waals surface area contributed by atoms with Crippen LogP contribution in [0.25, 0.3) is 28.3 Å². The number of hydrogen-bond acceptors (Lipinski definition) is 3. The van der Waals surface area contributed by atoms with E-state index in [0.29, 0.717) is 29.9 Å². The van der Waals surface area contributed by atoms with Gasteiger partial charge in [0.25, 0.3) is 0 Å². The standard InChI is InChI=1S/C27H24BF3O3/c1-2-25-32-14-17(15-33-25)3-4-20-9-10-21(13-23(20)29)18-5-7-19(8-6-18)22-11-12-24(34-16-28)27(31)26(22)30/h2-13,17,25H,1,14-16,28H2/b4-3+. The van der Waals surface area contributed by atoms with E-state index in [0.717, 1.165) is 5.56 Å². The normalized spacial score (nSPS) is 18.2. The van der Waals surface area contributed by atoms with Crippen LogP contribution in [0.5, 0.6) is 5.75 Å².